The second-order valence-corrected chi connectivity index (χ2v) is 4.55. The zero-order valence-corrected chi connectivity index (χ0v) is 10.4. The van der Waals surface area contributed by atoms with E-state index < -0.39 is 11.7 Å². The number of benzene rings is 1. The van der Waals surface area contributed by atoms with Gasteiger partial charge in [0, 0.05) is 12.3 Å². The van der Waals surface area contributed by atoms with E-state index in [1.165, 1.54) is 12.1 Å². The van der Waals surface area contributed by atoms with Crippen LogP contribution in [0.5, 0.6) is 5.75 Å². The van der Waals surface area contributed by atoms with Crippen LogP contribution in [0.4, 0.5) is 18.9 Å². The lowest BCUT2D eigenvalue weighted by Gasteiger charge is -2.22. The van der Waals surface area contributed by atoms with Crippen LogP contribution in [-0.2, 0) is 10.9 Å². The minimum atomic E-state index is -4.47. The number of hydrogen-bond donors (Lipinski definition) is 1. The molecule has 2 rings (SSSR count). The number of alkyl halides is 3. The Morgan fingerprint density at radius 2 is 2.11 bits per heavy atom. The molecule has 1 aromatic rings. The molecule has 0 spiro atoms. The molecule has 0 saturated carbocycles. The maximum Gasteiger partial charge on any atom is 0.418 e. The Bertz CT molecular complexity index is 428. The first kappa shape index (κ1) is 14.0. The van der Waals surface area contributed by atoms with Gasteiger partial charge < -0.3 is 15.2 Å². The quantitative estimate of drug-likeness (QED) is 0.861. The highest BCUT2D eigenvalue weighted by Gasteiger charge is 2.33. The second-order valence-electron chi connectivity index (χ2n) is 4.55. The molecular weight excluding hydrogens is 259 g/mol. The largest absolute Gasteiger partial charge is 0.491 e. The van der Waals surface area contributed by atoms with Gasteiger partial charge in [-0.2, -0.15) is 13.2 Å². The Balaban J connectivity index is 2.00. The first-order chi connectivity index (χ1) is 8.97. The lowest BCUT2D eigenvalue weighted by Crippen LogP contribution is -2.25. The molecule has 106 valence electrons. The van der Waals surface area contributed by atoms with Crippen LogP contribution < -0.4 is 10.5 Å². The summed E-state index contributed by atoms with van der Waals surface area (Å²) in [5, 5.41) is 0. The lowest BCUT2D eigenvalue weighted by molar-refractivity contribution is -0.137. The van der Waals surface area contributed by atoms with Gasteiger partial charge in [-0.1, -0.05) is 0 Å². The summed E-state index contributed by atoms with van der Waals surface area (Å²) >= 11 is 0. The van der Waals surface area contributed by atoms with E-state index >= 15 is 0 Å². The number of nitrogens with two attached hydrogens (primary N) is 1. The highest BCUT2D eigenvalue weighted by Crippen LogP contribution is 2.35. The maximum atomic E-state index is 12.7. The first-order valence-electron chi connectivity index (χ1n) is 6.18. The summed E-state index contributed by atoms with van der Waals surface area (Å²) in [6.45, 7) is 0.949. The Labute approximate surface area is 109 Å². The molecule has 19 heavy (non-hydrogen) atoms. The van der Waals surface area contributed by atoms with Gasteiger partial charge in [0.1, 0.15) is 12.4 Å². The van der Waals surface area contributed by atoms with Crippen molar-refractivity contribution >= 4 is 5.69 Å². The van der Waals surface area contributed by atoms with E-state index in [0.29, 0.717) is 6.61 Å². The SMILES string of the molecule is Nc1ccc(OC[C@@H]2CCCCO2)cc1C(F)(F)F. The van der Waals surface area contributed by atoms with E-state index in [1.807, 2.05) is 0 Å². The van der Waals surface area contributed by atoms with Crippen LogP contribution in [-0.4, -0.2) is 19.3 Å². The molecule has 1 aromatic carbocycles. The van der Waals surface area contributed by atoms with Crippen LogP contribution in [0.3, 0.4) is 0 Å². The average molecular weight is 275 g/mol. The molecule has 1 heterocycles. The fraction of sp³-hybridized carbons (Fsp3) is 0.538. The van der Waals surface area contributed by atoms with Crippen LogP contribution in [0, 0.1) is 0 Å². The molecule has 1 aliphatic heterocycles. The van der Waals surface area contributed by atoms with E-state index in [1.54, 1.807) is 0 Å². The Hall–Kier alpha value is -1.43. The molecule has 0 amide bonds. The molecule has 1 saturated heterocycles. The van der Waals surface area contributed by atoms with Crippen molar-refractivity contribution in [1.29, 1.82) is 0 Å². The lowest BCUT2D eigenvalue weighted by atomic mass is 10.1. The summed E-state index contributed by atoms with van der Waals surface area (Å²) in [6.07, 6.45) is -1.55. The first-order valence-corrected chi connectivity index (χ1v) is 6.18. The fourth-order valence-electron chi connectivity index (χ4n) is 2.00. The maximum absolute atomic E-state index is 12.7. The predicted molar refractivity (Wildman–Crippen MR) is 64.9 cm³/mol. The molecular formula is C13H16F3NO2. The van der Waals surface area contributed by atoms with Crippen molar-refractivity contribution in [3.05, 3.63) is 23.8 Å². The minimum Gasteiger partial charge on any atom is -0.491 e. The third-order valence-electron chi connectivity index (χ3n) is 3.04. The van der Waals surface area contributed by atoms with Gasteiger partial charge in [-0.05, 0) is 37.5 Å². The van der Waals surface area contributed by atoms with Crippen molar-refractivity contribution in [1.82, 2.24) is 0 Å². The van der Waals surface area contributed by atoms with Gasteiger partial charge in [-0.15, -0.1) is 0 Å². The normalized spacial score (nSPS) is 20.3. The van der Waals surface area contributed by atoms with Crippen molar-refractivity contribution < 1.29 is 22.6 Å². The molecule has 3 nitrogen and oxygen atoms in total. The summed E-state index contributed by atoms with van der Waals surface area (Å²) in [7, 11) is 0. The molecule has 0 bridgehead atoms. The monoisotopic (exact) mass is 275 g/mol. The Morgan fingerprint density at radius 1 is 1.32 bits per heavy atom. The average Bonchev–Trinajstić information content (AvgIpc) is 2.37. The molecule has 0 aromatic heterocycles. The van der Waals surface area contributed by atoms with Gasteiger partial charge in [0.2, 0.25) is 0 Å². The van der Waals surface area contributed by atoms with E-state index in [4.69, 9.17) is 15.2 Å². The minimum absolute atomic E-state index is 0.0411. The van der Waals surface area contributed by atoms with E-state index in [9.17, 15) is 13.2 Å². The van der Waals surface area contributed by atoms with Gasteiger partial charge >= 0.3 is 6.18 Å². The van der Waals surface area contributed by atoms with Gasteiger partial charge in [0.25, 0.3) is 0 Å². The summed E-state index contributed by atoms with van der Waals surface area (Å²) < 4.78 is 48.8. The van der Waals surface area contributed by atoms with Crippen molar-refractivity contribution in [2.75, 3.05) is 18.9 Å². The van der Waals surface area contributed by atoms with Crippen molar-refractivity contribution in [3.63, 3.8) is 0 Å². The number of nitrogen functional groups attached to an aromatic ring is 1. The molecule has 6 heteroatoms. The molecule has 2 N–H and O–H groups in total. The van der Waals surface area contributed by atoms with E-state index in [-0.39, 0.29) is 24.1 Å². The zero-order chi connectivity index (χ0) is 13.9. The number of halogens is 3. The number of hydrogen-bond acceptors (Lipinski definition) is 3. The Morgan fingerprint density at radius 3 is 2.74 bits per heavy atom. The second kappa shape index (κ2) is 5.69. The Kier molecular flexibility index (Phi) is 4.19. The van der Waals surface area contributed by atoms with Crippen molar-refractivity contribution in [2.24, 2.45) is 0 Å². The molecule has 1 fully saturated rings. The molecule has 0 radical (unpaired) electrons. The number of ether oxygens (including phenoxy) is 2. The van der Waals surface area contributed by atoms with Gasteiger partial charge in [-0.3, -0.25) is 0 Å². The van der Waals surface area contributed by atoms with E-state index in [2.05, 4.69) is 0 Å². The zero-order valence-electron chi connectivity index (χ0n) is 10.4. The van der Waals surface area contributed by atoms with Crippen LogP contribution in [0.2, 0.25) is 0 Å². The van der Waals surface area contributed by atoms with Crippen LogP contribution in [0.15, 0.2) is 18.2 Å². The molecule has 0 aliphatic carbocycles. The predicted octanol–water partition coefficient (Wildman–Crippen LogP) is 3.24. The summed E-state index contributed by atoms with van der Waals surface area (Å²) in [6, 6.07) is 3.57. The third-order valence-corrected chi connectivity index (χ3v) is 3.04. The third kappa shape index (κ3) is 3.76. The van der Waals surface area contributed by atoms with Gasteiger partial charge in [0.15, 0.2) is 0 Å². The number of anilines is 1. The topological polar surface area (TPSA) is 44.5 Å². The smallest absolute Gasteiger partial charge is 0.418 e. The van der Waals surface area contributed by atoms with Gasteiger partial charge in [-0.25, -0.2) is 0 Å². The van der Waals surface area contributed by atoms with E-state index in [0.717, 1.165) is 25.3 Å². The van der Waals surface area contributed by atoms with Crippen molar-refractivity contribution in [2.45, 2.75) is 31.5 Å². The van der Waals surface area contributed by atoms with Crippen LogP contribution in [0.1, 0.15) is 24.8 Å². The molecule has 1 aliphatic rings. The fourth-order valence-corrected chi connectivity index (χ4v) is 2.00. The van der Waals surface area contributed by atoms with Crippen molar-refractivity contribution in [3.8, 4) is 5.75 Å². The highest BCUT2D eigenvalue weighted by molar-refractivity contribution is 5.51. The highest BCUT2D eigenvalue weighted by atomic mass is 19.4. The van der Waals surface area contributed by atoms with Crippen LogP contribution in [0.25, 0.3) is 0 Å². The number of rotatable bonds is 3. The molecule has 0 unspecified atom stereocenters. The van der Waals surface area contributed by atoms with Gasteiger partial charge in [0.05, 0.1) is 11.7 Å². The summed E-state index contributed by atoms with van der Waals surface area (Å²) in [4.78, 5) is 0. The summed E-state index contributed by atoms with van der Waals surface area (Å²) in [5.41, 5.74) is 4.15. The standard InChI is InChI=1S/C13H16F3NO2/c14-13(15,16)11-7-9(4-5-12(11)17)19-8-10-3-1-2-6-18-10/h4-5,7,10H,1-3,6,8,17H2/t10-/m0/s1. The van der Waals surface area contributed by atoms with Crippen LogP contribution >= 0.6 is 0 Å². The molecule has 1 atom stereocenters. The summed E-state index contributed by atoms with van der Waals surface area (Å²) in [5.74, 6) is 0.163.